The van der Waals surface area contributed by atoms with Gasteiger partial charge in [0, 0.05) is 56.7 Å². The SMILES string of the molecule is CC(CCc1c[nH]c2ccccc12)(c1c[nH]c2ccccc12)c1c[nH]c2ccccc12. The third-order valence-corrected chi connectivity index (χ3v) is 6.94. The lowest BCUT2D eigenvalue weighted by Crippen LogP contribution is -2.24. The molecule has 31 heavy (non-hydrogen) atoms. The van der Waals surface area contributed by atoms with Gasteiger partial charge in [-0.1, -0.05) is 61.5 Å². The molecule has 0 aliphatic carbocycles. The molecule has 0 atom stereocenters. The molecule has 152 valence electrons. The minimum Gasteiger partial charge on any atom is -0.361 e. The van der Waals surface area contributed by atoms with Gasteiger partial charge in [-0.15, -0.1) is 0 Å². The summed E-state index contributed by atoms with van der Waals surface area (Å²) in [5.41, 5.74) is 7.53. The number of fused-ring (bicyclic) bond motifs is 3. The highest BCUT2D eigenvalue weighted by atomic mass is 14.7. The lowest BCUT2D eigenvalue weighted by atomic mass is 9.72. The molecule has 0 spiro atoms. The third kappa shape index (κ3) is 2.81. The van der Waals surface area contributed by atoms with Crippen LogP contribution < -0.4 is 0 Å². The second-order valence-electron chi connectivity index (χ2n) is 8.69. The predicted octanol–water partition coefficient (Wildman–Crippen LogP) is 7.07. The van der Waals surface area contributed by atoms with E-state index in [9.17, 15) is 0 Å². The number of rotatable bonds is 5. The van der Waals surface area contributed by atoms with Crippen LogP contribution in [-0.4, -0.2) is 15.0 Å². The Hall–Kier alpha value is -3.72. The first-order valence-electron chi connectivity index (χ1n) is 10.9. The highest BCUT2D eigenvalue weighted by Crippen LogP contribution is 2.43. The van der Waals surface area contributed by atoms with E-state index in [4.69, 9.17) is 0 Å². The molecule has 3 heterocycles. The molecule has 0 aliphatic rings. The van der Waals surface area contributed by atoms with Gasteiger partial charge in [0.15, 0.2) is 0 Å². The van der Waals surface area contributed by atoms with E-state index in [-0.39, 0.29) is 5.41 Å². The van der Waals surface area contributed by atoms with E-state index in [0.29, 0.717) is 0 Å². The monoisotopic (exact) mass is 403 g/mol. The number of para-hydroxylation sites is 3. The van der Waals surface area contributed by atoms with Gasteiger partial charge >= 0.3 is 0 Å². The molecule has 0 amide bonds. The van der Waals surface area contributed by atoms with Crippen molar-refractivity contribution in [3.63, 3.8) is 0 Å². The number of aromatic nitrogens is 3. The summed E-state index contributed by atoms with van der Waals surface area (Å²) in [5.74, 6) is 0. The van der Waals surface area contributed by atoms with Gasteiger partial charge in [0.1, 0.15) is 0 Å². The second kappa shape index (κ2) is 6.92. The fourth-order valence-electron chi connectivity index (χ4n) is 5.19. The maximum atomic E-state index is 3.51. The summed E-state index contributed by atoms with van der Waals surface area (Å²) in [4.78, 5) is 10.5. The smallest absolute Gasteiger partial charge is 0.0457 e. The molecule has 0 fully saturated rings. The van der Waals surface area contributed by atoms with Gasteiger partial charge in [0.05, 0.1) is 0 Å². The van der Waals surface area contributed by atoms with Crippen molar-refractivity contribution in [1.29, 1.82) is 0 Å². The molecule has 0 saturated carbocycles. The van der Waals surface area contributed by atoms with E-state index >= 15 is 0 Å². The quantitative estimate of drug-likeness (QED) is 0.276. The number of H-pyrrole nitrogens is 3. The van der Waals surface area contributed by atoms with Crippen molar-refractivity contribution in [1.82, 2.24) is 15.0 Å². The summed E-state index contributed by atoms with van der Waals surface area (Å²) in [5, 5.41) is 3.92. The Labute approximate surface area is 181 Å². The molecule has 3 heteroatoms. The van der Waals surface area contributed by atoms with Crippen LogP contribution in [0.5, 0.6) is 0 Å². The Balaban J connectivity index is 1.51. The van der Waals surface area contributed by atoms with Crippen LogP contribution >= 0.6 is 0 Å². The van der Waals surface area contributed by atoms with E-state index < -0.39 is 0 Å². The molecule has 0 radical (unpaired) electrons. The lowest BCUT2D eigenvalue weighted by molar-refractivity contribution is 0.529. The average Bonchev–Trinajstić information content (AvgIpc) is 3.54. The normalized spacial score (nSPS) is 12.3. The van der Waals surface area contributed by atoms with Crippen LogP contribution in [0.1, 0.15) is 30.0 Å². The first-order valence-corrected chi connectivity index (χ1v) is 10.9. The molecule has 3 aromatic heterocycles. The summed E-state index contributed by atoms with van der Waals surface area (Å²) in [6, 6.07) is 25.8. The highest BCUT2D eigenvalue weighted by molar-refractivity contribution is 5.89. The van der Waals surface area contributed by atoms with E-state index in [1.54, 1.807) is 0 Å². The summed E-state index contributed by atoms with van der Waals surface area (Å²) in [6.07, 6.45) is 8.61. The summed E-state index contributed by atoms with van der Waals surface area (Å²) >= 11 is 0. The summed E-state index contributed by atoms with van der Waals surface area (Å²) in [6.45, 7) is 2.40. The van der Waals surface area contributed by atoms with Crippen molar-refractivity contribution in [3.8, 4) is 0 Å². The van der Waals surface area contributed by atoms with Crippen LogP contribution in [0.15, 0.2) is 91.4 Å². The molecule has 6 aromatic rings. The van der Waals surface area contributed by atoms with Crippen molar-refractivity contribution in [3.05, 3.63) is 108 Å². The third-order valence-electron chi connectivity index (χ3n) is 6.94. The molecule has 0 unspecified atom stereocenters. The molecule has 0 bridgehead atoms. The molecular weight excluding hydrogens is 378 g/mol. The van der Waals surface area contributed by atoms with Crippen molar-refractivity contribution in [2.75, 3.05) is 0 Å². The number of hydrogen-bond donors (Lipinski definition) is 3. The lowest BCUT2D eigenvalue weighted by Gasteiger charge is -2.30. The van der Waals surface area contributed by atoms with Gasteiger partial charge in [-0.3, -0.25) is 0 Å². The minimum absolute atomic E-state index is 0.141. The van der Waals surface area contributed by atoms with Crippen LogP contribution in [0.2, 0.25) is 0 Å². The Morgan fingerprint density at radius 3 is 1.61 bits per heavy atom. The van der Waals surface area contributed by atoms with Crippen LogP contribution in [-0.2, 0) is 11.8 Å². The maximum Gasteiger partial charge on any atom is 0.0457 e. The number of aryl methyl sites for hydroxylation is 1. The van der Waals surface area contributed by atoms with Gasteiger partial charge in [0.25, 0.3) is 0 Å². The number of hydrogen-bond acceptors (Lipinski definition) is 0. The Morgan fingerprint density at radius 1 is 0.581 bits per heavy atom. The fourth-order valence-corrected chi connectivity index (χ4v) is 5.19. The zero-order valence-electron chi connectivity index (χ0n) is 17.6. The Kier molecular flexibility index (Phi) is 4.03. The first kappa shape index (κ1) is 18.1. The maximum absolute atomic E-state index is 3.51. The molecule has 3 aromatic carbocycles. The van der Waals surface area contributed by atoms with Gasteiger partial charge in [-0.2, -0.15) is 0 Å². The minimum atomic E-state index is -0.141. The van der Waals surface area contributed by atoms with E-state index in [0.717, 1.165) is 12.8 Å². The highest BCUT2D eigenvalue weighted by Gasteiger charge is 2.33. The van der Waals surface area contributed by atoms with Gasteiger partial charge in [0.2, 0.25) is 0 Å². The standard InChI is InChI=1S/C28H25N3/c1-28(23-17-30-26-12-6-3-9-21(23)26,24-18-31-27-13-7-4-10-22(24)27)15-14-19-16-29-25-11-5-2-8-20(19)25/h2-13,16-18,29-31H,14-15H2,1H3. The predicted molar refractivity (Wildman–Crippen MR) is 130 cm³/mol. The second-order valence-corrected chi connectivity index (χ2v) is 8.69. The Morgan fingerprint density at radius 2 is 1.03 bits per heavy atom. The molecular formula is C28H25N3. The van der Waals surface area contributed by atoms with Gasteiger partial charge < -0.3 is 15.0 Å². The van der Waals surface area contributed by atoms with Crippen molar-refractivity contribution >= 4 is 32.7 Å². The molecule has 0 aliphatic heterocycles. The molecule has 3 nitrogen and oxygen atoms in total. The number of aromatic amines is 3. The van der Waals surface area contributed by atoms with Gasteiger partial charge in [-0.25, -0.2) is 0 Å². The zero-order chi connectivity index (χ0) is 20.8. The molecule has 6 rings (SSSR count). The summed E-state index contributed by atoms with van der Waals surface area (Å²) in [7, 11) is 0. The summed E-state index contributed by atoms with van der Waals surface area (Å²) < 4.78 is 0. The fraction of sp³-hybridized carbons (Fsp3) is 0.143. The van der Waals surface area contributed by atoms with Crippen LogP contribution in [0.4, 0.5) is 0 Å². The Bertz CT molecular complexity index is 1440. The van der Waals surface area contributed by atoms with E-state index in [1.807, 2.05) is 0 Å². The molecule has 3 N–H and O–H groups in total. The van der Waals surface area contributed by atoms with E-state index in [1.165, 1.54) is 49.4 Å². The van der Waals surface area contributed by atoms with Crippen molar-refractivity contribution in [2.45, 2.75) is 25.2 Å². The molecule has 0 saturated heterocycles. The van der Waals surface area contributed by atoms with Crippen molar-refractivity contribution < 1.29 is 0 Å². The van der Waals surface area contributed by atoms with Crippen LogP contribution in [0.3, 0.4) is 0 Å². The first-order chi connectivity index (χ1) is 15.2. The van der Waals surface area contributed by atoms with Crippen LogP contribution in [0.25, 0.3) is 32.7 Å². The average molecular weight is 404 g/mol. The van der Waals surface area contributed by atoms with Gasteiger partial charge in [-0.05, 0) is 47.7 Å². The van der Waals surface area contributed by atoms with Crippen LogP contribution in [0, 0.1) is 0 Å². The topological polar surface area (TPSA) is 47.4 Å². The van der Waals surface area contributed by atoms with Crippen molar-refractivity contribution in [2.24, 2.45) is 0 Å². The number of benzene rings is 3. The largest absolute Gasteiger partial charge is 0.361 e. The zero-order valence-corrected chi connectivity index (χ0v) is 17.6. The number of nitrogens with one attached hydrogen (secondary N) is 3. The van der Waals surface area contributed by atoms with E-state index in [2.05, 4.69) is 113 Å².